The molecule has 6 aliphatic rings. The number of carbonyl (C=O) groups excluding carboxylic acids is 3. The van der Waals surface area contributed by atoms with Gasteiger partial charge in [-0.3, -0.25) is 29.5 Å². The number of carbonyl (C=O) groups is 3. The molecule has 4 fully saturated rings. The second-order valence-electron chi connectivity index (χ2n) is 21.1. The third kappa shape index (κ3) is 9.95. The van der Waals surface area contributed by atoms with Gasteiger partial charge in [-0.25, -0.2) is 10.2 Å². The number of piperidine rings is 1. The van der Waals surface area contributed by atoms with E-state index in [2.05, 4.69) is 78.4 Å². The number of cyclic esters (lactones) is 1. The molecule has 0 saturated carbocycles. The van der Waals surface area contributed by atoms with Crippen LogP contribution in [0.5, 0.6) is 0 Å². The van der Waals surface area contributed by atoms with Crippen molar-refractivity contribution in [2.45, 2.75) is 154 Å². The van der Waals surface area contributed by atoms with Crippen LogP contribution in [0.25, 0.3) is 22.2 Å². The van der Waals surface area contributed by atoms with Crippen molar-refractivity contribution in [3.05, 3.63) is 52.8 Å². The van der Waals surface area contributed by atoms with Gasteiger partial charge in [0.15, 0.2) is 0 Å². The Morgan fingerprint density at radius 3 is 2.46 bits per heavy atom. The lowest BCUT2D eigenvalue weighted by atomic mass is 9.79. The van der Waals surface area contributed by atoms with E-state index in [1.54, 1.807) is 27.9 Å². The number of hydrogen-bond acceptors (Lipinski definition) is 14. The van der Waals surface area contributed by atoms with Crippen LogP contribution in [-0.4, -0.2) is 143 Å². The summed E-state index contributed by atoms with van der Waals surface area (Å²) in [5, 5.41) is 5.97. The Kier molecular flexibility index (Phi) is 14.4. The number of fused-ring (bicyclic) bond motifs is 7. The molecule has 9 rings (SSSR count). The number of benzene rings is 1. The van der Waals surface area contributed by atoms with Gasteiger partial charge in [-0.15, -0.1) is 11.8 Å². The zero-order valence-corrected chi connectivity index (χ0v) is 42.1. The first-order valence-electron chi connectivity index (χ1n) is 24.7. The van der Waals surface area contributed by atoms with Crippen molar-refractivity contribution in [1.82, 2.24) is 30.2 Å². The SMILES string of the molecule is CCO[C@@H]1C2=NC(CS2)c2ccc3c(c2)c(c(-c2cc(C4C[C@H]5COC[C@@H](C4)N5C4COC4)cnc2[C@H](C)OC)n3CC)CC(C)(C)COC(=O)[C@@H]2CCCN(N2)C(=O)[C@H]1NC(=O)OC(C)(C)C. The monoisotopic (exact) mass is 958 g/mol. The Balaban J connectivity index is 1.16. The predicted molar refractivity (Wildman–Crippen MR) is 261 cm³/mol. The van der Waals surface area contributed by atoms with E-state index < -0.39 is 47.2 Å². The molecule has 8 bridgehead atoms. The standard InChI is InChI=1S/C51H71N7O9S/c1-10-56-41-15-14-30-19-36(41)38(44(56)37-20-32(22-52-42(37)29(3)62-9)31-17-33-23-63-24-34(18-31)58(33)35-25-64-26-35)21-51(7,8)28-66-48(60)39-13-12-16-57(55-39)47(59)43(54-49(61)67-50(4,5)6)45(65-11-2)46-53-40(30)27-68-46/h14-15,19-20,22,29,31,33-35,39-40,43,45,55H,10-13,16-18,21,23-28H2,1-9H3,(H,54,61)/t29-,31?,33-,34+,39-,40?,43-,45-/m0/s1. The van der Waals surface area contributed by atoms with E-state index in [0.29, 0.717) is 67.2 Å². The number of hydrazine groups is 1. The molecule has 0 aliphatic carbocycles. The van der Waals surface area contributed by atoms with Gasteiger partial charge in [0.1, 0.15) is 28.8 Å². The number of pyridine rings is 1. The highest BCUT2D eigenvalue weighted by molar-refractivity contribution is 8.14. The number of esters is 1. The number of aromatic nitrogens is 2. The van der Waals surface area contributed by atoms with E-state index in [1.807, 2.05) is 6.92 Å². The minimum absolute atomic E-state index is 0.146. The normalized spacial score (nSPS) is 28.6. The summed E-state index contributed by atoms with van der Waals surface area (Å²) in [5.74, 6) is 0.0395. The van der Waals surface area contributed by atoms with Crippen LogP contribution in [0.1, 0.15) is 122 Å². The summed E-state index contributed by atoms with van der Waals surface area (Å²) in [6.07, 6.45) is 3.74. The summed E-state index contributed by atoms with van der Waals surface area (Å²) >= 11 is 1.53. The molecule has 370 valence electrons. The van der Waals surface area contributed by atoms with Crippen molar-refractivity contribution >= 4 is 45.7 Å². The molecule has 3 aromatic rings. The van der Waals surface area contributed by atoms with Gasteiger partial charge in [-0.2, -0.15) is 0 Å². The number of aliphatic imine (C=N–C) groups is 1. The van der Waals surface area contributed by atoms with Crippen molar-refractivity contribution in [3.63, 3.8) is 0 Å². The molecular formula is C51H71N7O9S. The molecule has 0 spiro atoms. The van der Waals surface area contributed by atoms with Gasteiger partial charge >= 0.3 is 12.1 Å². The van der Waals surface area contributed by atoms with E-state index >= 15 is 0 Å². The van der Waals surface area contributed by atoms with Gasteiger partial charge in [0, 0.05) is 72.7 Å². The van der Waals surface area contributed by atoms with Crippen molar-refractivity contribution in [1.29, 1.82) is 0 Å². The molecule has 6 aliphatic heterocycles. The second-order valence-corrected chi connectivity index (χ2v) is 22.2. The third-order valence-corrected chi connectivity index (χ3v) is 15.5. The maximum atomic E-state index is 14.6. The van der Waals surface area contributed by atoms with Crippen molar-refractivity contribution in [3.8, 4) is 11.3 Å². The van der Waals surface area contributed by atoms with Crippen LogP contribution in [0.3, 0.4) is 0 Å². The fourth-order valence-electron chi connectivity index (χ4n) is 11.1. The highest BCUT2D eigenvalue weighted by atomic mass is 32.2. The number of ether oxygens (including phenoxy) is 6. The molecule has 4 saturated heterocycles. The number of morpholine rings is 1. The Hall–Kier alpha value is -4.10. The molecule has 8 heterocycles. The fourth-order valence-corrected chi connectivity index (χ4v) is 12.3. The zero-order valence-electron chi connectivity index (χ0n) is 41.3. The van der Waals surface area contributed by atoms with Crippen molar-refractivity contribution < 1.29 is 42.8 Å². The number of thioether (sulfide) groups is 1. The number of rotatable bonds is 9. The largest absolute Gasteiger partial charge is 0.464 e. The Morgan fingerprint density at radius 1 is 1.04 bits per heavy atom. The lowest BCUT2D eigenvalue weighted by molar-refractivity contribution is -0.159. The van der Waals surface area contributed by atoms with Crippen molar-refractivity contribution in [2.24, 2.45) is 10.4 Å². The first kappa shape index (κ1) is 48.9. The lowest BCUT2D eigenvalue weighted by Crippen LogP contribution is -2.64. The number of methoxy groups -OCH3 is 1. The maximum absolute atomic E-state index is 14.6. The summed E-state index contributed by atoms with van der Waals surface area (Å²) in [6, 6.07) is 7.93. The topological polar surface area (TPSA) is 167 Å². The van der Waals surface area contributed by atoms with Gasteiger partial charge in [0.05, 0.1) is 62.6 Å². The van der Waals surface area contributed by atoms with Gasteiger partial charge in [0.25, 0.3) is 5.91 Å². The van der Waals surface area contributed by atoms with Crippen LogP contribution in [0.15, 0.2) is 35.5 Å². The van der Waals surface area contributed by atoms with Crippen LogP contribution in [-0.2, 0) is 51.0 Å². The molecular weight excluding hydrogens is 887 g/mol. The van der Waals surface area contributed by atoms with Crippen LogP contribution in [0, 0.1) is 5.41 Å². The zero-order chi connectivity index (χ0) is 48.1. The van der Waals surface area contributed by atoms with Gasteiger partial charge in [-0.05, 0) is 114 Å². The van der Waals surface area contributed by atoms with E-state index in [-0.39, 0.29) is 25.4 Å². The smallest absolute Gasteiger partial charge is 0.408 e. The van der Waals surface area contributed by atoms with Crippen LogP contribution < -0.4 is 10.7 Å². The highest BCUT2D eigenvalue weighted by Gasteiger charge is 2.46. The Labute approximate surface area is 404 Å². The molecule has 8 atom stereocenters. The number of hydrogen-bond donors (Lipinski definition) is 2. The lowest BCUT2D eigenvalue weighted by Gasteiger charge is -2.53. The molecule has 68 heavy (non-hydrogen) atoms. The first-order chi connectivity index (χ1) is 32.6. The summed E-state index contributed by atoms with van der Waals surface area (Å²) in [6.45, 7) is 20.2. The number of nitrogens with one attached hydrogen (secondary N) is 2. The highest BCUT2D eigenvalue weighted by Crippen LogP contribution is 2.46. The average Bonchev–Trinajstić information content (AvgIpc) is 3.90. The number of amides is 2. The van der Waals surface area contributed by atoms with E-state index in [0.717, 1.165) is 78.3 Å². The van der Waals surface area contributed by atoms with Crippen LogP contribution in [0.4, 0.5) is 4.79 Å². The third-order valence-electron chi connectivity index (χ3n) is 14.4. The molecule has 16 nitrogen and oxygen atoms in total. The summed E-state index contributed by atoms with van der Waals surface area (Å²) < 4.78 is 38.5. The molecule has 2 amide bonds. The van der Waals surface area contributed by atoms with Gasteiger partial charge in [-0.1, -0.05) is 19.9 Å². The molecule has 2 aromatic heterocycles. The summed E-state index contributed by atoms with van der Waals surface area (Å²) in [4.78, 5) is 55.3. The molecule has 2 N–H and O–H groups in total. The maximum Gasteiger partial charge on any atom is 0.408 e. The van der Waals surface area contributed by atoms with E-state index in [4.69, 9.17) is 38.4 Å². The second kappa shape index (κ2) is 20.0. The van der Waals surface area contributed by atoms with E-state index in [1.165, 1.54) is 22.3 Å². The average molecular weight is 958 g/mol. The molecule has 17 heteroatoms. The van der Waals surface area contributed by atoms with E-state index in [9.17, 15) is 14.4 Å². The van der Waals surface area contributed by atoms with Gasteiger partial charge < -0.3 is 38.3 Å². The number of nitrogens with zero attached hydrogens (tertiary/aromatic N) is 5. The minimum atomic E-state index is -1.20. The summed E-state index contributed by atoms with van der Waals surface area (Å²) in [5.41, 5.74) is 9.35. The van der Waals surface area contributed by atoms with Crippen molar-refractivity contribution in [2.75, 3.05) is 59.0 Å². The molecule has 0 radical (unpaired) electrons. The fraction of sp³-hybridized carbons (Fsp3) is 0.667. The first-order valence-corrected chi connectivity index (χ1v) is 25.7. The molecule has 1 aromatic carbocycles. The van der Waals surface area contributed by atoms with Crippen LogP contribution >= 0.6 is 11.8 Å². The minimum Gasteiger partial charge on any atom is -0.464 e. The summed E-state index contributed by atoms with van der Waals surface area (Å²) in [7, 11) is 1.74. The Bertz CT molecular complexity index is 2380. The Morgan fingerprint density at radius 2 is 1.78 bits per heavy atom. The van der Waals surface area contributed by atoms with Crippen LogP contribution in [0.2, 0.25) is 0 Å². The van der Waals surface area contributed by atoms with Gasteiger partial charge in [0.2, 0.25) is 0 Å². The quantitative estimate of drug-likeness (QED) is 0.213. The number of aryl methyl sites for hydroxylation is 1. The number of alkyl carbamates (subject to hydrolysis) is 1. The predicted octanol–water partition coefficient (Wildman–Crippen LogP) is 6.88. The molecule has 2 unspecified atom stereocenters.